The van der Waals surface area contributed by atoms with Crippen LogP contribution in [0.25, 0.3) is 22.4 Å². The largest absolute Gasteiger partial charge is 0.338 e. The van der Waals surface area contributed by atoms with E-state index < -0.39 is 0 Å². The zero-order valence-electron chi connectivity index (χ0n) is 17.2. The Hall–Kier alpha value is -1.79. The van der Waals surface area contributed by atoms with Crippen molar-refractivity contribution in [3.63, 3.8) is 0 Å². The van der Waals surface area contributed by atoms with E-state index in [2.05, 4.69) is 19.8 Å². The first-order valence-corrected chi connectivity index (χ1v) is 10.8. The number of likely N-dealkylation sites (tertiary alicyclic amines) is 2. The van der Waals surface area contributed by atoms with E-state index in [0.717, 1.165) is 53.9 Å². The van der Waals surface area contributed by atoms with E-state index in [1.54, 1.807) is 0 Å². The summed E-state index contributed by atoms with van der Waals surface area (Å²) in [5.74, 6) is 0.934. The van der Waals surface area contributed by atoms with Crippen LogP contribution in [0.3, 0.4) is 0 Å². The maximum Gasteiger partial charge on any atom is 0.254 e. The Balaban J connectivity index is 0.00000136. The van der Waals surface area contributed by atoms with Crippen molar-refractivity contribution in [3.05, 3.63) is 53.1 Å². The molecule has 0 spiro atoms. The third-order valence-electron chi connectivity index (χ3n) is 6.16. The number of nitrogens with one attached hydrogen (secondary N) is 1. The first kappa shape index (κ1) is 23.9. The number of H-pyrrole nitrogens is 1. The number of amides is 1. The Bertz CT molecular complexity index is 1030. The van der Waals surface area contributed by atoms with Crippen LogP contribution < -0.4 is 0 Å². The monoisotopic (exact) mass is 480 g/mol. The van der Waals surface area contributed by atoms with E-state index in [9.17, 15) is 4.79 Å². The molecule has 1 amide bonds. The SMILES string of the molecule is Cl.Cl.O=C(c1ccc(-c2nc3cc(Cl)ccc3[nH]2)cc1)N1CCCC1CN1CCCC1. The predicted octanol–water partition coefficient (Wildman–Crippen LogP) is 5.43. The van der Waals surface area contributed by atoms with Crippen molar-refractivity contribution in [1.29, 1.82) is 0 Å². The van der Waals surface area contributed by atoms with Gasteiger partial charge in [0.05, 0.1) is 11.0 Å². The van der Waals surface area contributed by atoms with Gasteiger partial charge in [-0.1, -0.05) is 23.7 Å². The van der Waals surface area contributed by atoms with E-state index in [-0.39, 0.29) is 30.7 Å². The minimum atomic E-state index is 0. The minimum absolute atomic E-state index is 0. The minimum Gasteiger partial charge on any atom is -0.338 e. The van der Waals surface area contributed by atoms with Crippen molar-refractivity contribution in [2.75, 3.05) is 26.2 Å². The molecule has 0 saturated carbocycles. The highest BCUT2D eigenvalue weighted by molar-refractivity contribution is 6.31. The van der Waals surface area contributed by atoms with E-state index in [4.69, 9.17) is 11.6 Å². The molecule has 0 aliphatic carbocycles. The Morgan fingerprint density at radius 2 is 1.77 bits per heavy atom. The first-order chi connectivity index (χ1) is 14.2. The number of imidazole rings is 1. The fraction of sp³-hybridized carbons (Fsp3) is 0.391. The molecular formula is C23H27Cl3N4O. The molecule has 166 valence electrons. The van der Waals surface area contributed by atoms with Crippen molar-refractivity contribution in [2.45, 2.75) is 31.7 Å². The maximum atomic E-state index is 13.1. The van der Waals surface area contributed by atoms with Gasteiger partial charge in [0.25, 0.3) is 5.91 Å². The molecule has 1 N–H and O–H groups in total. The summed E-state index contributed by atoms with van der Waals surface area (Å²) >= 11 is 6.06. The zero-order chi connectivity index (χ0) is 19.8. The van der Waals surface area contributed by atoms with Crippen molar-refractivity contribution >= 4 is 53.4 Å². The molecular weight excluding hydrogens is 455 g/mol. The predicted molar refractivity (Wildman–Crippen MR) is 131 cm³/mol. The highest BCUT2D eigenvalue weighted by Gasteiger charge is 2.31. The highest BCUT2D eigenvalue weighted by atomic mass is 35.5. The number of fused-ring (bicyclic) bond motifs is 1. The summed E-state index contributed by atoms with van der Waals surface area (Å²) < 4.78 is 0. The fourth-order valence-corrected chi connectivity index (χ4v) is 4.77. The Morgan fingerprint density at radius 3 is 2.52 bits per heavy atom. The molecule has 8 heteroatoms. The Labute approximate surface area is 200 Å². The number of rotatable bonds is 4. The van der Waals surface area contributed by atoms with Crippen LogP contribution in [0.4, 0.5) is 0 Å². The second-order valence-corrected chi connectivity index (χ2v) is 8.56. The lowest BCUT2D eigenvalue weighted by atomic mass is 10.1. The summed E-state index contributed by atoms with van der Waals surface area (Å²) in [5, 5.41) is 0.672. The average Bonchev–Trinajstić information content (AvgIpc) is 3.48. The summed E-state index contributed by atoms with van der Waals surface area (Å²) in [4.78, 5) is 25.7. The molecule has 1 atom stereocenters. The maximum absolute atomic E-state index is 13.1. The molecule has 0 bridgehead atoms. The lowest BCUT2D eigenvalue weighted by molar-refractivity contribution is 0.0709. The summed E-state index contributed by atoms with van der Waals surface area (Å²) in [6.07, 6.45) is 4.79. The molecule has 0 radical (unpaired) electrons. The summed E-state index contributed by atoms with van der Waals surface area (Å²) in [6.45, 7) is 4.24. The standard InChI is InChI=1S/C23H25ClN4O.2ClH/c24-18-9-10-20-21(14-18)26-22(25-20)16-5-7-17(8-6-16)23(29)28-13-3-4-19(28)15-27-11-1-2-12-27;;/h5-10,14,19H,1-4,11-13,15H2,(H,25,26);2*1H. The molecule has 1 unspecified atom stereocenters. The van der Waals surface area contributed by atoms with Crippen LogP contribution in [0.1, 0.15) is 36.0 Å². The van der Waals surface area contributed by atoms with Crippen LogP contribution in [0.15, 0.2) is 42.5 Å². The van der Waals surface area contributed by atoms with Gasteiger partial charge in [0.2, 0.25) is 0 Å². The number of nitrogens with zero attached hydrogens (tertiary/aromatic N) is 3. The quantitative estimate of drug-likeness (QED) is 0.541. The molecule has 2 saturated heterocycles. The molecule has 5 nitrogen and oxygen atoms in total. The van der Waals surface area contributed by atoms with Crippen LogP contribution in [-0.2, 0) is 0 Å². The smallest absolute Gasteiger partial charge is 0.254 e. The third kappa shape index (κ3) is 5.01. The van der Waals surface area contributed by atoms with E-state index in [1.807, 2.05) is 42.5 Å². The summed E-state index contributed by atoms with van der Waals surface area (Å²) in [6, 6.07) is 13.8. The van der Waals surface area contributed by atoms with Gasteiger partial charge in [0.1, 0.15) is 5.82 Å². The molecule has 2 aliphatic heterocycles. The van der Waals surface area contributed by atoms with Crippen molar-refractivity contribution in [3.8, 4) is 11.4 Å². The molecule has 2 fully saturated rings. The molecule has 2 aliphatic rings. The van der Waals surface area contributed by atoms with E-state index >= 15 is 0 Å². The molecule has 3 aromatic rings. The highest BCUT2D eigenvalue weighted by Crippen LogP contribution is 2.25. The van der Waals surface area contributed by atoms with Crippen LogP contribution in [-0.4, -0.2) is 57.9 Å². The molecule has 3 heterocycles. The molecule has 5 rings (SSSR count). The van der Waals surface area contributed by atoms with Crippen molar-refractivity contribution < 1.29 is 4.79 Å². The second-order valence-electron chi connectivity index (χ2n) is 8.13. The van der Waals surface area contributed by atoms with Gasteiger partial charge in [0, 0.05) is 35.3 Å². The Kier molecular flexibility index (Phi) is 7.87. The second kappa shape index (κ2) is 10.2. The zero-order valence-corrected chi connectivity index (χ0v) is 19.6. The number of aromatic nitrogens is 2. The van der Waals surface area contributed by atoms with Crippen LogP contribution >= 0.6 is 36.4 Å². The normalized spacial score (nSPS) is 18.7. The van der Waals surface area contributed by atoms with Crippen molar-refractivity contribution in [1.82, 2.24) is 19.8 Å². The number of carbonyl (C=O) groups excluding carboxylic acids is 1. The molecule has 1 aromatic heterocycles. The van der Waals surface area contributed by atoms with Gasteiger partial charge in [-0.25, -0.2) is 4.98 Å². The van der Waals surface area contributed by atoms with Crippen LogP contribution in [0.2, 0.25) is 5.02 Å². The van der Waals surface area contributed by atoms with Gasteiger partial charge >= 0.3 is 0 Å². The topological polar surface area (TPSA) is 52.2 Å². The third-order valence-corrected chi connectivity index (χ3v) is 6.39. The number of benzene rings is 2. The number of aromatic amines is 1. The average molecular weight is 482 g/mol. The van der Waals surface area contributed by atoms with Gasteiger partial charge in [-0.05, 0) is 69.1 Å². The number of halogens is 3. The van der Waals surface area contributed by atoms with Gasteiger partial charge in [0.15, 0.2) is 0 Å². The number of hydrogen-bond donors (Lipinski definition) is 1. The molecule has 2 aromatic carbocycles. The first-order valence-electron chi connectivity index (χ1n) is 10.5. The Morgan fingerprint density at radius 1 is 1.03 bits per heavy atom. The van der Waals surface area contributed by atoms with Gasteiger partial charge in [-0.15, -0.1) is 24.8 Å². The summed E-state index contributed by atoms with van der Waals surface area (Å²) in [5.41, 5.74) is 3.51. The lowest BCUT2D eigenvalue weighted by Crippen LogP contribution is -2.42. The number of carbonyl (C=O) groups is 1. The lowest BCUT2D eigenvalue weighted by Gasteiger charge is -2.28. The van der Waals surface area contributed by atoms with Gasteiger partial charge in [-0.2, -0.15) is 0 Å². The summed E-state index contributed by atoms with van der Waals surface area (Å²) in [7, 11) is 0. The van der Waals surface area contributed by atoms with Gasteiger partial charge in [-0.3, -0.25) is 4.79 Å². The van der Waals surface area contributed by atoms with Crippen molar-refractivity contribution in [2.24, 2.45) is 0 Å². The molecule has 31 heavy (non-hydrogen) atoms. The number of hydrogen-bond acceptors (Lipinski definition) is 3. The van der Waals surface area contributed by atoms with E-state index in [1.165, 1.54) is 25.9 Å². The van der Waals surface area contributed by atoms with Crippen LogP contribution in [0, 0.1) is 0 Å². The van der Waals surface area contributed by atoms with Crippen LogP contribution in [0.5, 0.6) is 0 Å². The van der Waals surface area contributed by atoms with Gasteiger partial charge < -0.3 is 14.8 Å². The fourth-order valence-electron chi connectivity index (χ4n) is 4.61. The van der Waals surface area contributed by atoms with E-state index in [0.29, 0.717) is 11.1 Å².